The van der Waals surface area contributed by atoms with E-state index in [1.165, 1.54) is 5.56 Å². The minimum atomic E-state index is -0.248. The van der Waals surface area contributed by atoms with Crippen LogP contribution in [0.1, 0.15) is 89.8 Å². The van der Waals surface area contributed by atoms with Crippen molar-refractivity contribution >= 4 is 17.5 Å². The highest BCUT2D eigenvalue weighted by Gasteiger charge is 2.22. The molecule has 7 nitrogen and oxygen atoms in total. The second-order valence-corrected chi connectivity index (χ2v) is 11.4. The zero-order valence-electron chi connectivity index (χ0n) is 24.0. The minimum absolute atomic E-state index is 0.0373. The van der Waals surface area contributed by atoms with Crippen LogP contribution in [-0.4, -0.2) is 34.7 Å². The second kappa shape index (κ2) is 11.8. The van der Waals surface area contributed by atoms with E-state index in [9.17, 15) is 9.59 Å². The molecule has 0 aliphatic rings. The lowest BCUT2D eigenvalue weighted by Crippen LogP contribution is -2.16. The van der Waals surface area contributed by atoms with Gasteiger partial charge in [-0.05, 0) is 55.2 Å². The van der Waals surface area contributed by atoms with E-state index < -0.39 is 0 Å². The summed E-state index contributed by atoms with van der Waals surface area (Å²) < 4.78 is 13.0. The third-order valence-corrected chi connectivity index (χ3v) is 6.17. The Morgan fingerprint density at radius 2 is 1.45 bits per heavy atom. The molecule has 1 N–H and O–H groups in total. The summed E-state index contributed by atoms with van der Waals surface area (Å²) in [6.07, 6.45) is 0.126. The average Bonchev–Trinajstić information content (AvgIpc) is 3.28. The molecular formula is C31H41N3O4. The highest BCUT2D eigenvalue weighted by molar-refractivity contribution is 6.00. The number of benzene rings is 2. The van der Waals surface area contributed by atoms with Gasteiger partial charge >= 0.3 is 0 Å². The molecule has 1 amide bonds. The molecule has 2 aromatic carbocycles. The van der Waals surface area contributed by atoms with Crippen LogP contribution in [0.4, 0.5) is 5.82 Å². The van der Waals surface area contributed by atoms with Crippen LogP contribution in [0.25, 0.3) is 5.69 Å². The summed E-state index contributed by atoms with van der Waals surface area (Å²) in [7, 11) is 0. The fourth-order valence-corrected chi connectivity index (χ4v) is 3.94. The van der Waals surface area contributed by atoms with Gasteiger partial charge in [-0.3, -0.25) is 9.59 Å². The summed E-state index contributed by atoms with van der Waals surface area (Å²) in [6.45, 7) is 17.5. The van der Waals surface area contributed by atoms with Crippen LogP contribution in [0.2, 0.25) is 0 Å². The number of amides is 1. The maximum atomic E-state index is 12.9. The van der Waals surface area contributed by atoms with E-state index in [1.54, 1.807) is 22.9 Å². The maximum Gasteiger partial charge on any atom is 0.225 e. The molecule has 0 aliphatic carbocycles. The first kappa shape index (κ1) is 29.0. The van der Waals surface area contributed by atoms with E-state index in [2.05, 4.69) is 59.0 Å². The zero-order chi connectivity index (χ0) is 28.1. The van der Waals surface area contributed by atoms with E-state index in [1.807, 2.05) is 32.0 Å². The summed E-state index contributed by atoms with van der Waals surface area (Å²) in [6, 6.07) is 15.2. The molecule has 0 saturated carbocycles. The molecule has 0 fully saturated rings. The van der Waals surface area contributed by atoms with Crippen molar-refractivity contribution in [2.24, 2.45) is 0 Å². The van der Waals surface area contributed by atoms with Gasteiger partial charge in [0.25, 0.3) is 0 Å². The highest BCUT2D eigenvalue weighted by Crippen LogP contribution is 2.30. The summed E-state index contributed by atoms with van der Waals surface area (Å²) in [5, 5.41) is 7.77. The number of Topliss-reactive ketones (excluding diaryl/α,β-unsaturated/α-hetero) is 1. The topological polar surface area (TPSA) is 82.5 Å². The number of hydrogen-bond donors (Lipinski definition) is 1. The molecule has 1 heterocycles. The van der Waals surface area contributed by atoms with Crippen LogP contribution in [0.3, 0.4) is 0 Å². The Morgan fingerprint density at radius 3 is 2.03 bits per heavy atom. The molecule has 1 aromatic heterocycles. The molecule has 0 spiro atoms. The molecule has 38 heavy (non-hydrogen) atoms. The Bertz CT molecular complexity index is 1260. The van der Waals surface area contributed by atoms with Gasteiger partial charge in [0, 0.05) is 29.9 Å². The molecule has 7 heteroatoms. The van der Waals surface area contributed by atoms with E-state index in [0.717, 1.165) is 11.4 Å². The lowest BCUT2D eigenvalue weighted by molar-refractivity contribution is -0.116. The number of rotatable bonds is 10. The van der Waals surface area contributed by atoms with Crippen molar-refractivity contribution in [2.45, 2.75) is 79.1 Å². The van der Waals surface area contributed by atoms with Gasteiger partial charge in [0.1, 0.15) is 5.82 Å². The fraction of sp³-hybridized carbons (Fsp3) is 0.452. The Labute approximate surface area is 226 Å². The summed E-state index contributed by atoms with van der Waals surface area (Å²) in [5.41, 5.74) is 3.27. The van der Waals surface area contributed by atoms with Crippen molar-refractivity contribution in [3.05, 3.63) is 65.4 Å². The van der Waals surface area contributed by atoms with Gasteiger partial charge in [-0.2, -0.15) is 5.10 Å². The van der Waals surface area contributed by atoms with Crippen molar-refractivity contribution in [2.75, 3.05) is 18.5 Å². The van der Waals surface area contributed by atoms with Crippen LogP contribution in [0, 0.1) is 0 Å². The summed E-state index contributed by atoms with van der Waals surface area (Å²) in [5.74, 6) is 1.33. The number of nitrogens with zero attached hydrogens (tertiary/aromatic N) is 2. The average molecular weight is 520 g/mol. The number of carbonyl (C=O) groups excluding carboxylic acids is 2. The first-order valence-corrected chi connectivity index (χ1v) is 13.3. The molecule has 0 radical (unpaired) electrons. The third kappa shape index (κ3) is 7.24. The molecule has 0 unspecified atom stereocenters. The molecular weight excluding hydrogens is 478 g/mol. The zero-order valence-corrected chi connectivity index (χ0v) is 24.0. The molecule has 3 rings (SSSR count). The number of aromatic nitrogens is 2. The lowest BCUT2D eigenvalue weighted by atomic mass is 9.87. The van der Waals surface area contributed by atoms with Gasteiger partial charge in [0.05, 0.1) is 24.6 Å². The van der Waals surface area contributed by atoms with Gasteiger partial charge in [0.15, 0.2) is 17.3 Å². The van der Waals surface area contributed by atoms with Crippen molar-refractivity contribution in [3.8, 4) is 17.2 Å². The van der Waals surface area contributed by atoms with E-state index >= 15 is 0 Å². The predicted molar refractivity (Wildman–Crippen MR) is 152 cm³/mol. The van der Waals surface area contributed by atoms with Crippen molar-refractivity contribution < 1.29 is 19.1 Å². The second-order valence-electron chi connectivity index (χ2n) is 11.4. The Kier molecular flexibility index (Phi) is 9.02. The molecule has 0 saturated heterocycles. The van der Waals surface area contributed by atoms with Crippen molar-refractivity contribution in [1.29, 1.82) is 0 Å². The third-order valence-electron chi connectivity index (χ3n) is 6.17. The van der Waals surface area contributed by atoms with Gasteiger partial charge in [0.2, 0.25) is 5.91 Å². The first-order chi connectivity index (χ1) is 17.8. The molecule has 204 valence electrons. The number of ketones is 1. The summed E-state index contributed by atoms with van der Waals surface area (Å²) in [4.78, 5) is 25.8. The van der Waals surface area contributed by atoms with Crippen molar-refractivity contribution in [1.82, 2.24) is 9.78 Å². The van der Waals surface area contributed by atoms with Gasteiger partial charge in [-0.25, -0.2) is 4.68 Å². The highest BCUT2D eigenvalue weighted by atomic mass is 16.5. The SMILES string of the molecule is CCOc1ccc(C(=O)CCC(=O)Nc2cc(C(C)(C)C)nn2-c2ccc(C(C)(C)C)cc2)cc1OCC. The monoisotopic (exact) mass is 519 g/mol. The number of ether oxygens (including phenoxy) is 2. The molecule has 3 aromatic rings. The number of hydrogen-bond acceptors (Lipinski definition) is 5. The summed E-state index contributed by atoms with van der Waals surface area (Å²) >= 11 is 0. The van der Waals surface area contributed by atoms with E-state index in [-0.39, 0.29) is 35.4 Å². The van der Waals surface area contributed by atoms with Crippen LogP contribution in [0.15, 0.2) is 48.5 Å². The largest absolute Gasteiger partial charge is 0.490 e. The number of carbonyl (C=O) groups is 2. The predicted octanol–water partition coefficient (Wildman–Crippen LogP) is 6.87. The Morgan fingerprint density at radius 1 is 0.816 bits per heavy atom. The van der Waals surface area contributed by atoms with Gasteiger partial charge in [-0.15, -0.1) is 0 Å². The molecule has 0 aliphatic heterocycles. The van der Waals surface area contributed by atoms with Crippen molar-refractivity contribution in [3.63, 3.8) is 0 Å². The van der Waals surface area contributed by atoms with E-state index in [4.69, 9.17) is 14.6 Å². The Balaban J connectivity index is 1.76. The standard InChI is InChI=1S/C31H41N3O4/c1-9-37-25-17-11-21(19-26(25)38-10-2)24(35)16-18-29(36)32-28-20-27(31(6,7)8)33-34(28)23-14-12-22(13-15-23)30(3,4)5/h11-15,17,19-20H,9-10,16,18H2,1-8H3,(H,32,36). The first-order valence-electron chi connectivity index (χ1n) is 13.3. The van der Waals surface area contributed by atoms with Crippen LogP contribution >= 0.6 is 0 Å². The van der Waals surface area contributed by atoms with E-state index in [0.29, 0.717) is 36.1 Å². The number of anilines is 1. The fourth-order valence-electron chi connectivity index (χ4n) is 3.94. The van der Waals surface area contributed by atoms with Crippen LogP contribution < -0.4 is 14.8 Å². The van der Waals surface area contributed by atoms with Crippen LogP contribution in [0.5, 0.6) is 11.5 Å². The molecule has 0 atom stereocenters. The quantitative estimate of drug-likeness (QED) is 0.296. The number of nitrogens with one attached hydrogen (secondary N) is 1. The van der Waals surface area contributed by atoms with Gasteiger partial charge in [-0.1, -0.05) is 53.7 Å². The molecule has 0 bridgehead atoms. The normalized spacial score (nSPS) is 11.8. The Hall–Kier alpha value is -3.61. The minimum Gasteiger partial charge on any atom is -0.490 e. The maximum absolute atomic E-state index is 12.9. The smallest absolute Gasteiger partial charge is 0.225 e. The lowest BCUT2D eigenvalue weighted by Gasteiger charge is -2.19. The van der Waals surface area contributed by atoms with Gasteiger partial charge < -0.3 is 14.8 Å². The van der Waals surface area contributed by atoms with Crippen LogP contribution in [-0.2, 0) is 15.6 Å².